The van der Waals surface area contributed by atoms with Crippen LogP contribution >= 0.6 is 23.9 Å². The number of allylic oxidation sites excluding steroid dienone is 1. The molecule has 0 fully saturated rings. The molecule has 7 nitrogen and oxygen atoms in total. The number of fused-ring (bicyclic) bond motifs is 1. The number of aliphatic hydroxyl groups is 2. The van der Waals surface area contributed by atoms with Crippen LogP contribution in [-0.4, -0.2) is 61.5 Å². The van der Waals surface area contributed by atoms with Gasteiger partial charge in [0, 0.05) is 23.4 Å². The average Bonchev–Trinajstić information content (AvgIpc) is 2.95. The SMILES string of the molecule is CCSN1Sc2ccc(N3C(O)C=C(C(F)(F)F)N(C)C3O)cc2C1C(=O)O. The van der Waals surface area contributed by atoms with Gasteiger partial charge in [-0.05, 0) is 41.8 Å². The lowest BCUT2D eigenvalue weighted by Gasteiger charge is -2.43. The predicted octanol–water partition coefficient (Wildman–Crippen LogP) is 2.60. The predicted molar refractivity (Wildman–Crippen MR) is 99.0 cm³/mol. The Kier molecular flexibility index (Phi) is 5.79. The quantitative estimate of drug-likeness (QED) is 0.615. The molecule has 154 valence electrons. The molecule has 0 saturated heterocycles. The van der Waals surface area contributed by atoms with Crippen molar-refractivity contribution in [3.05, 3.63) is 35.5 Å². The van der Waals surface area contributed by atoms with E-state index in [4.69, 9.17) is 0 Å². The molecule has 12 heteroatoms. The number of aliphatic hydroxyl groups excluding tert-OH is 2. The van der Waals surface area contributed by atoms with Crippen molar-refractivity contribution in [3.8, 4) is 0 Å². The number of benzene rings is 1. The van der Waals surface area contributed by atoms with E-state index in [0.29, 0.717) is 27.2 Å². The van der Waals surface area contributed by atoms with E-state index in [2.05, 4.69) is 0 Å². The van der Waals surface area contributed by atoms with Gasteiger partial charge < -0.3 is 20.2 Å². The molecule has 0 aliphatic carbocycles. The number of alkyl halides is 3. The minimum atomic E-state index is -4.73. The average molecular weight is 437 g/mol. The number of carboxylic acid groups (broad SMARTS) is 1. The van der Waals surface area contributed by atoms with Gasteiger partial charge in [0.05, 0.1) is 0 Å². The molecular weight excluding hydrogens is 419 g/mol. The van der Waals surface area contributed by atoms with Gasteiger partial charge >= 0.3 is 12.1 Å². The molecule has 3 N–H and O–H groups in total. The second-order valence-corrected chi connectivity index (χ2v) is 8.56. The third-order valence-electron chi connectivity index (χ3n) is 4.33. The zero-order valence-corrected chi connectivity index (χ0v) is 16.4. The van der Waals surface area contributed by atoms with Crippen LogP contribution in [0, 0.1) is 0 Å². The van der Waals surface area contributed by atoms with Crippen molar-refractivity contribution in [2.75, 3.05) is 17.7 Å². The molecule has 2 aliphatic rings. The van der Waals surface area contributed by atoms with Crippen molar-refractivity contribution in [3.63, 3.8) is 0 Å². The third-order valence-corrected chi connectivity index (χ3v) is 6.56. The number of halogens is 3. The van der Waals surface area contributed by atoms with Crippen molar-refractivity contribution in [2.45, 2.75) is 36.6 Å². The molecule has 0 saturated carbocycles. The monoisotopic (exact) mass is 437 g/mol. The van der Waals surface area contributed by atoms with Crippen LogP contribution in [0.15, 0.2) is 34.9 Å². The zero-order chi connectivity index (χ0) is 20.8. The summed E-state index contributed by atoms with van der Waals surface area (Å²) in [5.41, 5.74) is -0.503. The molecule has 1 aromatic rings. The minimum Gasteiger partial charge on any atom is -0.480 e. The molecule has 1 aromatic carbocycles. The van der Waals surface area contributed by atoms with Gasteiger partial charge in [-0.15, -0.1) is 0 Å². The number of carbonyl (C=O) groups is 1. The Morgan fingerprint density at radius 1 is 1.32 bits per heavy atom. The van der Waals surface area contributed by atoms with E-state index in [1.807, 2.05) is 6.92 Å². The van der Waals surface area contributed by atoms with Crippen LogP contribution in [0.4, 0.5) is 18.9 Å². The fourth-order valence-electron chi connectivity index (χ4n) is 3.08. The van der Waals surface area contributed by atoms with Crippen molar-refractivity contribution in [1.29, 1.82) is 0 Å². The molecule has 0 bridgehead atoms. The van der Waals surface area contributed by atoms with E-state index in [1.54, 1.807) is 9.78 Å². The summed E-state index contributed by atoms with van der Waals surface area (Å²) < 4.78 is 40.9. The normalized spacial score (nSPS) is 25.7. The van der Waals surface area contributed by atoms with E-state index < -0.39 is 36.5 Å². The summed E-state index contributed by atoms with van der Waals surface area (Å²) in [5.74, 6) is -0.405. The largest absolute Gasteiger partial charge is 0.480 e. The number of nitrogens with zero attached hydrogens (tertiary/aromatic N) is 3. The second kappa shape index (κ2) is 7.67. The Balaban J connectivity index is 1.99. The maximum absolute atomic E-state index is 13.1. The van der Waals surface area contributed by atoms with Gasteiger partial charge in [-0.3, -0.25) is 9.69 Å². The Morgan fingerprint density at radius 2 is 2.00 bits per heavy atom. The van der Waals surface area contributed by atoms with Crippen molar-refractivity contribution >= 4 is 35.6 Å². The molecule has 3 atom stereocenters. The van der Waals surface area contributed by atoms with Crippen molar-refractivity contribution < 1.29 is 33.3 Å². The van der Waals surface area contributed by atoms with Gasteiger partial charge in [0.2, 0.25) is 6.35 Å². The van der Waals surface area contributed by atoms with Gasteiger partial charge in [0.1, 0.15) is 5.70 Å². The third kappa shape index (κ3) is 3.66. The molecule has 28 heavy (non-hydrogen) atoms. The summed E-state index contributed by atoms with van der Waals surface area (Å²) in [6.07, 6.45) is -7.65. The van der Waals surface area contributed by atoms with Crippen LogP contribution < -0.4 is 4.90 Å². The Hall–Kier alpha value is -1.60. The van der Waals surface area contributed by atoms with Crippen molar-refractivity contribution in [2.24, 2.45) is 0 Å². The highest BCUT2D eigenvalue weighted by molar-refractivity contribution is 8.12. The molecule has 2 aliphatic heterocycles. The van der Waals surface area contributed by atoms with E-state index in [0.717, 1.165) is 11.9 Å². The fourth-order valence-corrected chi connectivity index (χ4v) is 5.36. The Bertz CT molecular complexity index is 808. The van der Waals surface area contributed by atoms with Crippen LogP contribution in [0.1, 0.15) is 18.5 Å². The topological polar surface area (TPSA) is 87.5 Å². The Morgan fingerprint density at radius 3 is 2.57 bits per heavy atom. The van der Waals surface area contributed by atoms with E-state index in [-0.39, 0.29) is 5.69 Å². The number of aliphatic carboxylic acids is 1. The first-order valence-electron chi connectivity index (χ1n) is 8.19. The van der Waals surface area contributed by atoms with Gasteiger partial charge in [0.25, 0.3) is 0 Å². The molecule has 3 rings (SSSR count). The fraction of sp³-hybridized carbons (Fsp3) is 0.438. The molecule has 0 aromatic heterocycles. The Labute approximate surface area is 167 Å². The van der Waals surface area contributed by atoms with Crippen LogP contribution in [0.25, 0.3) is 0 Å². The highest BCUT2D eigenvalue weighted by atomic mass is 32.2. The summed E-state index contributed by atoms with van der Waals surface area (Å²) >= 11 is 2.60. The van der Waals surface area contributed by atoms with E-state index in [1.165, 1.54) is 36.0 Å². The number of anilines is 1. The summed E-state index contributed by atoms with van der Waals surface area (Å²) in [5, 5.41) is 30.2. The van der Waals surface area contributed by atoms with Crippen molar-refractivity contribution in [1.82, 2.24) is 8.61 Å². The molecule has 2 heterocycles. The smallest absolute Gasteiger partial charge is 0.431 e. The molecule has 0 amide bonds. The second-order valence-electron chi connectivity index (χ2n) is 6.09. The maximum Gasteiger partial charge on any atom is 0.431 e. The first-order chi connectivity index (χ1) is 13.1. The number of rotatable bonds is 4. The molecular formula is C16H18F3N3O4S2. The highest BCUT2D eigenvalue weighted by Crippen LogP contribution is 2.49. The van der Waals surface area contributed by atoms with Gasteiger partial charge in [-0.2, -0.15) is 16.9 Å². The lowest BCUT2D eigenvalue weighted by atomic mass is 10.1. The molecule has 3 unspecified atom stereocenters. The van der Waals surface area contributed by atoms with Gasteiger partial charge in [-0.1, -0.05) is 18.9 Å². The molecule has 0 radical (unpaired) electrons. The summed E-state index contributed by atoms with van der Waals surface area (Å²) in [7, 11) is 1.06. The van der Waals surface area contributed by atoms with E-state index in [9.17, 15) is 33.3 Å². The van der Waals surface area contributed by atoms with E-state index >= 15 is 0 Å². The molecule has 0 spiro atoms. The number of carboxylic acids is 1. The first kappa shape index (κ1) is 21.1. The summed E-state index contributed by atoms with van der Waals surface area (Å²) in [4.78, 5) is 14.0. The van der Waals surface area contributed by atoms with Gasteiger partial charge in [-0.25, -0.2) is 0 Å². The van der Waals surface area contributed by atoms with Crippen LogP contribution in [0.5, 0.6) is 0 Å². The first-order valence-corrected chi connectivity index (χ1v) is 9.91. The lowest BCUT2D eigenvalue weighted by Crippen LogP contribution is -2.56. The zero-order valence-electron chi connectivity index (χ0n) is 14.8. The number of hydrogen-bond donors (Lipinski definition) is 3. The minimum absolute atomic E-state index is 0.207. The number of hydrogen-bond acceptors (Lipinski definition) is 8. The summed E-state index contributed by atoms with van der Waals surface area (Å²) in [6, 6.07) is 3.67. The standard InChI is InChI=1S/C16H18F3N3O4S2/c1-3-27-22-13(14(24)25)9-6-8(4-5-10(9)28-22)21-12(23)7-11(16(17,18)19)20(2)15(21)26/h4-7,12-13,15,23,26H,3H2,1-2H3,(H,24,25). The van der Waals surface area contributed by atoms with Crippen LogP contribution in [-0.2, 0) is 4.79 Å². The lowest BCUT2D eigenvalue weighted by molar-refractivity contribution is -0.140. The highest BCUT2D eigenvalue weighted by Gasteiger charge is 2.45. The maximum atomic E-state index is 13.1. The van der Waals surface area contributed by atoms with Crippen LogP contribution in [0.2, 0.25) is 0 Å². The summed E-state index contributed by atoms with van der Waals surface area (Å²) in [6.45, 7) is 1.89. The van der Waals surface area contributed by atoms with Gasteiger partial charge in [0.15, 0.2) is 12.3 Å². The van der Waals surface area contributed by atoms with Crippen LogP contribution in [0.3, 0.4) is 0 Å².